The van der Waals surface area contributed by atoms with E-state index in [9.17, 15) is 0 Å². The molecule has 0 fully saturated rings. The second-order valence-electron chi connectivity index (χ2n) is 0.513. The van der Waals surface area contributed by atoms with E-state index in [-0.39, 0.29) is 92.8 Å². The summed E-state index contributed by atoms with van der Waals surface area (Å²) in [6.07, 6.45) is 0. The van der Waals surface area contributed by atoms with Crippen LogP contribution < -0.4 is 0 Å². The van der Waals surface area contributed by atoms with Crippen molar-refractivity contribution in [2.24, 2.45) is 0 Å². The van der Waals surface area contributed by atoms with Crippen LogP contribution in [0.5, 0.6) is 0 Å². The van der Waals surface area contributed by atoms with E-state index in [1.807, 2.05) is 0 Å². The van der Waals surface area contributed by atoms with Crippen LogP contribution in [0, 0.1) is 0 Å². The van der Waals surface area contributed by atoms with Gasteiger partial charge in [-0.15, -0.1) is 0 Å². The predicted octanol–water partition coefficient (Wildman–Crippen LogP) is -3.94. The van der Waals surface area contributed by atoms with Crippen LogP contribution in [0.2, 0.25) is 0 Å². The van der Waals surface area contributed by atoms with E-state index < -0.39 is 7.82 Å². The van der Waals surface area contributed by atoms with E-state index in [0.717, 1.165) is 0 Å². The monoisotopic (exact) mass is 212 g/mol. The summed E-state index contributed by atoms with van der Waals surface area (Å²) < 4.78 is 8.88. The van der Waals surface area contributed by atoms with Crippen LogP contribution in [0.15, 0.2) is 0 Å². The second-order valence-corrected chi connectivity index (χ2v) is 1.54. The Bertz CT molecular complexity index is 60.2. The molecule has 8 heavy (non-hydrogen) atoms. The Morgan fingerprint density at radius 1 is 1.00 bits per heavy atom. The first-order valence-electron chi connectivity index (χ1n) is 0.783. The number of hydrogen-bond donors (Lipinski definition) is 3. The first-order chi connectivity index (χ1) is 2.00. The minimum atomic E-state index is -4.64. The minimum absolute atomic E-state index is 0. The summed E-state index contributed by atoms with van der Waals surface area (Å²) in [5.41, 5.74) is 0. The van der Waals surface area contributed by atoms with E-state index >= 15 is 0 Å². The standard InChI is InChI=1S/Al.2Ca.H3O4P.7H/c;;;1-5(2,3)4;;;;;;;/h;;;(H3,1,2,3,4);;;;;;;. The molecule has 0 spiro atoms. The van der Waals surface area contributed by atoms with E-state index in [1.54, 1.807) is 0 Å². The molecule has 0 aliphatic rings. The molecule has 4 nitrogen and oxygen atoms in total. The van der Waals surface area contributed by atoms with Crippen LogP contribution in [0.3, 0.4) is 0 Å². The molecule has 0 saturated heterocycles. The van der Waals surface area contributed by atoms with Gasteiger partial charge in [-0.2, -0.15) is 0 Å². The van der Waals surface area contributed by atoms with Crippen LogP contribution in [-0.2, 0) is 4.57 Å². The molecular weight excluding hydrogens is 202 g/mol. The second kappa shape index (κ2) is 10.2. The topological polar surface area (TPSA) is 77.8 Å². The number of rotatable bonds is 0. The fourth-order valence-electron chi connectivity index (χ4n) is 0. The van der Waals surface area contributed by atoms with E-state index in [0.29, 0.717) is 0 Å². The molecule has 0 bridgehead atoms. The zero-order valence-corrected chi connectivity index (χ0v) is 3.09. The van der Waals surface area contributed by atoms with Crippen molar-refractivity contribution in [2.45, 2.75) is 0 Å². The Labute approximate surface area is 117 Å². The maximum atomic E-state index is 8.88. The third kappa shape index (κ3) is 61.0. The van der Waals surface area contributed by atoms with Gasteiger partial charge in [0.25, 0.3) is 0 Å². The van der Waals surface area contributed by atoms with Gasteiger partial charge in [0, 0.05) is 0 Å². The summed E-state index contributed by atoms with van der Waals surface area (Å²) in [5.74, 6) is 0. The summed E-state index contributed by atoms with van der Waals surface area (Å²) >= 11 is 0. The average molecular weight is 212 g/mol. The molecule has 0 aromatic heterocycles. The molecule has 8 heteroatoms. The third-order valence-electron chi connectivity index (χ3n) is 0. The van der Waals surface area contributed by atoms with Crippen molar-refractivity contribution >= 4 is 101 Å². The van der Waals surface area contributed by atoms with Crippen LogP contribution in [0.4, 0.5) is 0 Å². The van der Waals surface area contributed by atoms with Gasteiger partial charge >= 0.3 is 83.3 Å². The number of phosphoric acid groups is 1. The fraction of sp³-hybridized carbons (Fsp3) is 0. The van der Waals surface area contributed by atoms with Crippen molar-refractivity contribution < 1.29 is 19.2 Å². The maximum absolute atomic E-state index is 8.88. The molecule has 0 aliphatic carbocycles. The van der Waals surface area contributed by atoms with Crippen molar-refractivity contribution in [1.82, 2.24) is 0 Å². The molecule has 0 radical (unpaired) electrons. The Balaban J connectivity index is -0.0000000267. The Kier molecular flexibility index (Phi) is 28.5. The van der Waals surface area contributed by atoms with Crippen LogP contribution >= 0.6 is 7.82 Å². The normalized spacial score (nSPS) is 7.38. The zero-order valence-electron chi connectivity index (χ0n) is 2.20. The van der Waals surface area contributed by atoms with Gasteiger partial charge in [-0.1, -0.05) is 0 Å². The predicted molar refractivity (Wildman–Crippen MR) is 41.3 cm³/mol. The van der Waals surface area contributed by atoms with Crippen molar-refractivity contribution in [1.29, 1.82) is 0 Å². The summed E-state index contributed by atoms with van der Waals surface area (Å²) in [7, 11) is -4.64. The van der Waals surface area contributed by atoms with Gasteiger partial charge in [0.15, 0.2) is 17.4 Å². The third-order valence-corrected chi connectivity index (χ3v) is 0. The molecule has 0 atom stereocenters. The van der Waals surface area contributed by atoms with Crippen LogP contribution in [0.25, 0.3) is 0 Å². The average Bonchev–Trinajstić information content (AvgIpc) is 0.722. The van der Waals surface area contributed by atoms with Gasteiger partial charge in [0.1, 0.15) is 0 Å². The molecule has 0 amide bonds. The van der Waals surface area contributed by atoms with Crippen molar-refractivity contribution in [3.8, 4) is 0 Å². The molecule has 3 N–H and O–H groups in total. The molecular formula is H10AlCa2O4P. The van der Waals surface area contributed by atoms with Crippen LogP contribution in [0.1, 0.15) is 0 Å². The molecule has 46 valence electrons. The SMILES string of the molecule is O=P(O)(O)O.[AlH3].[CaH2].[CaH2]. The fourth-order valence-corrected chi connectivity index (χ4v) is 0. The zero-order chi connectivity index (χ0) is 4.50. The summed E-state index contributed by atoms with van der Waals surface area (Å²) in [5, 5.41) is 0. The van der Waals surface area contributed by atoms with Crippen LogP contribution in [-0.4, -0.2) is 108 Å². The summed E-state index contributed by atoms with van der Waals surface area (Å²) in [6.45, 7) is 0. The van der Waals surface area contributed by atoms with E-state index in [4.69, 9.17) is 19.2 Å². The van der Waals surface area contributed by atoms with Gasteiger partial charge in [-0.3, -0.25) is 0 Å². The summed E-state index contributed by atoms with van der Waals surface area (Å²) in [6, 6.07) is 0. The van der Waals surface area contributed by atoms with E-state index in [2.05, 4.69) is 0 Å². The Hall–Kier alpha value is 3.16. The quantitative estimate of drug-likeness (QED) is 0.283. The van der Waals surface area contributed by atoms with Gasteiger partial charge in [-0.25, -0.2) is 4.57 Å². The molecule has 0 heterocycles. The van der Waals surface area contributed by atoms with Gasteiger partial charge in [0.05, 0.1) is 0 Å². The van der Waals surface area contributed by atoms with Crippen molar-refractivity contribution in [2.75, 3.05) is 0 Å². The molecule has 0 aromatic rings. The molecule has 0 rings (SSSR count). The molecule has 0 aromatic carbocycles. The molecule has 0 aliphatic heterocycles. The van der Waals surface area contributed by atoms with Crippen molar-refractivity contribution in [3.63, 3.8) is 0 Å². The Morgan fingerprint density at radius 2 is 1.00 bits per heavy atom. The van der Waals surface area contributed by atoms with Gasteiger partial charge < -0.3 is 14.7 Å². The molecule has 0 unspecified atom stereocenters. The molecule has 0 saturated carbocycles. The first-order valence-corrected chi connectivity index (χ1v) is 2.35. The number of hydrogen-bond acceptors (Lipinski definition) is 1. The van der Waals surface area contributed by atoms with Gasteiger partial charge in [0.2, 0.25) is 0 Å². The van der Waals surface area contributed by atoms with Crippen molar-refractivity contribution in [3.05, 3.63) is 0 Å². The Morgan fingerprint density at radius 3 is 1.00 bits per heavy atom. The first kappa shape index (κ1) is 22.5. The van der Waals surface area contributed by atoms with E-state index in [1.165, 1.54) is 0 Å². The summed E-state index contributed by atoms with van der Waals surface area (Å²) in [4.78, 5) is 21.6. The van der Waals surface area contributed by atoms with Gasteiger partial charge in [-0.05, 0) is 0 Å².